The molecule has 0 amide bonds. The highest BCUT2D eigenvalue weighted by atomic mass is 79.9. The van der Waals surface area contributed by atoms with Crippen molar-refractivity contribution >= 4 is 73.7 Å². The van der Waals surface area contributed by atoms with Crippen LogP contribution in [0.5, 0.6) is 34.8 Å². The number of phenols is 1. The summed E-state index contributed by atoms with van der Waals surface area (Å²) in [6.45, 7) is 0. The Morgan fingerprint density at radius 3 is 1.52 bits per heavy atom. The van der Waals surface area contributed by atoms with Crippen LogP contribution in [0.15, 0.2) is 110 Å². The highest BCUT2D eigenvalue weighted by molar-refractivity contribution is 9.69. The van der Waals surface area contributed by atoms with Gasteiger partial charge in [-0.2, -0.15) is 18.7 Å². The van der Waals surface area contributed by atoms with Crippen LogP contribution >= 0.6 is 70.5 Å². The van der Waals surface area contributed by atoms with E-state index in [1.807, 2.05) is 0 Å². The van der Waals surface area contributed by atoms with Crippen LogP contribution in [0.25, 0.3) is 0 Å². The van der Waals surface area contributed by atoms with Crippen molar-refractivity contribution in [3.8, 4) is 34.8 Å². The van der Waals surface area contributed by atoms with E-state index in [0.717, 1.165) is 11.8 Å². The Morgan fingerprint density at radius 2 is 1.09 bits per heavy atom. The van der Waals surface area contributed by atoms with E-state index in [0.29, 0.717) is 41.0 Å². The van der Waals surface area contributed by atoms with Crippen LogP contribution in [-0.2, 0) is 12.8 Å². The highest BCUT2D eigenvalue weighted by Crippen LogP contribution is 2.33. The van der Waals surface area contributed by atoms with E-state index in [-0.39, 0.29) is 37.6 Å². The lowest BCUT2D eigenvalue weighted by atomic mass is 10.1. The van der Waals surface area contributed by atoms with Gasteiger partial charge in [0.05, 0.1) is 24.8 Å². The number of halogens is 9. The van der Waals surface area contributed by atoms with Crippen LogP contribution in [0.4, 0.5) is 17.6 Å². The average Bonchev–Trinajstić information content (AvgIpc) is 3.12. The maximum Gasteiger partial charge on any atom is 0.369 e. The quantitative estimate of drug-likeness (QED) is 0.0662. The van der Waals surface area contributed by atoms with E-state index in [9.17, 15) is 22.7 Å². The molecule has 0 aliphatic heterocycles. The molecule has 6 rings (SSSR count). The highest BCUT2D eigenvalue weighted by Gasteiger charge is 2.11. The number of phenolic OH excluding ortho intramolecular Hbond substituents is 1. The zero-order chi connectivity index (χ0) is 39.5. The monoisotopic (exact) mass is 974 g/mol. The standard InChI is InChI=1S/C18H14F2N2O2.C17H12F2N2O2.CH2Cl2.BBr3/c1-23-16-10-12(9-13-7-8-21-11-14(13)19)5-6-15(16)24-18-4-2-3-17(20)22-18;18-13-10-20-7-6-12(13)8-11-4-5-15(14(22)9-11)23-17-3-1-2-16(19)21-17;2-1-3;2-1(3)4/h2-8,10-11H,9H2,1H3;1-7,9-10,22H,8H2;1H2;. The third-order valence-corrected chi connectivity index (χ3v) is 6.56. The molecular formula is C36H28BBr3Cl2F4N4O4. The van der Waals surface area contributed by atoms with Crippen molar-refractivity contribution in [1.29, 1.82) is 0 Å². The molecule has 1 N–H and O–H groups in total. The first-order valence-corrected chi connectivity index (χ1v) is 19.0. The Kier molecular flexibility index (Phi) is 19.5. The summed E-state index contributed by atoms with van der Waals surface area (Å²) < 4.78 is 69.9. The van der Waals surface area contributed by atoms with Gasteiger partial charge < -0.3 is 19.3 Å². The number of hydrogen-bond acceptors (Lipinski definition) is 8. The first-order chi connectivity index (χ1) is 25.9. The Bertz CT molecular complexity index is 2080. The van der Waals surface area contributed by atoms with E-state index in [2.05, 4.69) is 67.2 Å². The van der Waals surface area contributed by atoms with Gasteiger partial charge in [-0.1, -0.05) is 24.3 Å². The smallest absolute Gasteiger partial charge is 0.369 e. The Labute approximate surface area is 343 Å². The number of aromatic hydroxyl groups is 1. The molecule has 0 saturated carbocycles. The minimum absolute atomic E-state index is 0.0354. The fraction of sp³-hybridized carbons (Fsp3) is 0.111. The molecule has 0 aliphatic rings. The second kappa shape index (κ2) is 23.7. The number of nitrogens with zero attached hydrogens (tertiary/aromatic N) is 4. The fourth-order valence-electron chi connectivity index (χ4n) is 4.32. The molecule has 0 saturated heterocycles. The summed E-state index contributed by atoms with van der Waals surface area (Å²) in [7, 11) is 1.50. The summed E-state index contributed by atoms with van der Waals surface area (Å²) >= 11 is 18.8. The molecule has 0 unspecified atom stereocenters. The number of hydrogen-bond donors (Lipinski definition) is 1. The van der Waals surface area contributed by atoms with E-state index < -0.39 is 17.7 Å². The predicted molar refractivity (Wildman–Crippen MR) is 213 cm³/mol. The van der Waals surface area contributed by atoms with E-state index in [1.165, 1.54) is 62.0 Å². The Balaban J connectivity index is 0.000000248. The van der Waals surface area contributed by atoms with Crippen molar-refractivity contribution < 1.29 is 36.9 Å². The Hall–Kier alpha value is -3.96. The summed E-state index contributed by atoms with van der Waals surface area (Å²) in [6.07, 6.45) is 6.07. The normalized spacial score (nSPS) is 9.96. The number of alkyl halides is 2. The largest absolute Gasteiger partial charge is 0.504 e. The minimum atomic E-state index is -0.674. The summed E-state index contributed by atoms with van der Waals surface area (Å²) in [4.78, 5) is 14.6. The van der Waals surface area contributed by atoms with Crippen molar-refractivity contribution in [3.63, 3.8) is 0 Å². The van der Waals surface area contributed by atoms with Crippen LogP contribution in [0.2, 0.25) is 0 Å². The predicted octanol–water partition coefficient (Wildman–Crippen LogP) is 11.6. The number of aromatic nitrogens is 4. The summed E-state index contributed by atoms with van der Waals surface area (Å²) in [5, 5.41) is 10.2. The van der Waals surface area contributed by atoms with Gasteiger partial charge in [0.1, 0.15) is 11.6 Å². The lowest BCUT2D eigenvalue weighted by molar-refractivity contribution is 0.370. The molecule has 0 bridgehead atoms. The van der Waals surface area contributed by atoms with Gasteiger partial charge in [0.25, 0.3) is 0 Å². The zero-order valence-electron chi connectivity index (χ0n) is 28.0. The van der Waals surface area contributed by atoms with Crippen LogP contribution in [0.1, 0.15) is 22.3 Å². The molecule has 4 heterocycles. The summed E-state index contributed by atoms with van der Waals surface area (Å²) in [5.41, 5.74) is 2.55. The Morgan fingerprint density at radius 1 is 0.648 bits per heavy atom. The van der Waals surface area contributed by atoms with Crippen molar-refractivity contribution in [3.05, 3.63) is 156 Å². The number of pyridine rings is 4. The van der Waals surface area contributed by atoms with Crippen molar-refractivity contribution in [2.75, 3.05) is 12.4 Å². The SMILES string of the molecule is BrB(Br)Br.COc1cc(Cc2ccncc2F)ccc1Oc1cccc(F)n1.ClCCl.Oc1cc(Cc2ccncc2F)ccc1Oc1cccc(F)n1. The van der Waals surface area contributed by atoms with E-state index in [1.54, 1.807) is 48.7 Å². The van der Waals surface area contributed by atoms with Gasteiger partial charge in [0.15, 0.2) is 23.0 Å². The molecule has 2 aromatic carbocycles. The maximum absolute atomic E-state index is 13.7. The third kappa shape index (κ3) is 15.8. The van der Waals surface area contributed by atoms with Crippen LogP contribution in [0, 0.1) is 23.5 Å². The van der Waals surface area contributed by atoms with Crippen LogP contribution in [0.3, 0.4) is 0 Å². The molecule has 0 atom stereocenters. The maximum atomic E-state index is 13.7. The molecule has 8 nitrogen and oxygen atoms in total. The number of methoxy groups -OCH3 is 1. The van der Waals surface area contributed by atoms with Crippen molar-refractivity contribution in [1.82, 2.24) is 19.9 Å². The molecule has 282 valence electrons. The molecule has 4 aromatic heterocycles. The van der Waals surface area contributed by atoms with Crippen LogP contribution < -0.4 is 14.2 Å². The van der Waals surface area contributed by atoms with Gasteiger partial charge in [-0.15, -0.1) is 70.5 Å². The second-order valence-electron chi connectivity index (χ2n) is 10.2. The number of ether oxygens (including phenoxy) is 3. The van der Waals surface area contributed by atoms with Gasteiger partial charge in [-0.05, 0) is 70.8 Å². The minimum Gasteiger partial charge on any atom is -0.504 e. The molecule has 0 aliphatic carbocycles. The van der Waals surface area contributed by atoms with E-state index in [4.69, 9.17) is 37.4 Å². The van der Waals surface area contributed by atoms with Crippen molar-refractivity contribution in [2.45, 2.75) is 12.8 Å². The topological polar surface area (TPSA) is 99.5 Å². The van der Waals surface area contributed by atoms with Crippen LogP contribution in [-0.4, -0.2) is 40.7 Å². The van der Waals surface area contributed by atoms with Gasteiger partial charge >= 0.3 is 3.18 Å². The average molecular weight is 978 g/mol. The molecular weight excluding hydrogens is 950 g/mol. The molecule has 0 spiro atoms. The number of benzene rings is 2. The molecule has 6 aromatic rings. The van der Waals surface area contributed by atoms with Gasteiger partial charge in [-0.3, -0.25) is 9.97 Å². The zero-order valence-corrected chi connectivity index (χ0v) is 34.2. The lowest BCUT2D eigenvalue weighted by Gasteiger charge is -2.11. The van der Waals surface area contributed by atoms with Crippen molar-refractivity contribution in [2.24, 2.45) is 0 Å². The molecule has 18 heteroatoms. The summed E-state index contributed by atoms with van der Waals surface area (Å²) in [5.74, 6) is -1.05. The van der Waals surface area contributed by atoms with Gasteiger partial charge in [0.2, 0.25) is 23.7 Å². The molecule has 54 heavy (non-hydrogen) atoms. The van der Waals surface area contributed by atoms with Gasteiger partial charge in [0, 0.05) is 37.4 Å². The molecule has 0 radical (unpaired) electrons. The first kappa shape index (κ1) is 44.4. The van der Waals surface area contributed by atoms with E-state index >= 15 is 0 Å². The second-order valence-corrected chi connectivity index (χ2v) is 17.5. The summed E-state index contributed by atoms with van der Waals surface area (Å²) in [6, 6.07) is 21.5. The fourth-order valence-corrected chi connectivity index (χ4v) is 4.32. The first-order valence-electron chi connectivity index (χ1n) is 15.2. The van der Waals surface area contributed by atoms with Gasteiger partial charge in [-0.25, -0.2) is 8.78 Å². The lowest BCUT2D eigenvalue weighted by Crippen LogP contribution is -1.97. The third-order valence-electron chi connectivity index (χ3n) is 6.56. The number of rotatable bonds is 9. The molecule has 0 fully saturated rings.